The molecule has 0 fully saturated rings. The molecule has 0 aliphatic heterocycles. The maximum atomic E-state index is 12.3. The van der Waals surface area contributed by atoms with Crippen LogP contribution in [0.1, 0.15) is 47.4 Å². The Morgan fingerprint density at radius 3 is 2.64 bits per heavy atom. The lowest BCUT2D eigenvalue weighted by Crippen LogP contribution is -2.24. The molecule has 0 aliphatic carbocycles. The maximum Gasteiger partial charge on any atom is 0.251 e. The second kappa shape index (κ2) is 14.5. The average Bonchev–Trinajstić information content (AvgIpc) is 3.31. The molecule has 0 unspecified atom stereocenters. The maximum absolute atomic E-state index is 12.3. The molecule has 7 heteroatoms. The molecule has 0 aliphatic rings. The summed E-state index contributed by atoms with van der Waals surface area (Å²) in [5, 5.41) is 3.01. The topological polar surface area (TPSA) is 65.4 Å². The van der Waals surface area contributed by atoms with Crippen LogP contribution in [0.15, 0.2) is 83.9 Å². The van der Waals surface area contributed by atoms with Crippen molar-refractivity contribution in [3.8, 4) is 11.5 Å². The summed E-state index contributed by atoms with van der Waals surface area (Å²) in [4.78, 5) is 17.2. The van der Waals surface area contributed by atoms with Crippen LogP contribution in [0.5, 0.6) is 11.5 Å². The number of nitrogens with one attached hydrogen (secondary N) is 1. The summed E-state index contributed by atoms with van der Waals surface area (Å²) in [6.07, 6.45) is 7.40. The van der Waals surface area contributed by atoms with Crippen LogP contribution >= 0.6 is 15.9 Å². The van der Waals surface area contributed by atoms with Gasteiger partial charge in [-0.3, -0.25) is 4.79 Å². The van der Waals surface area contributed by atoms with Gasteiger partial charge in [0.2, 0.25) is 0 Å². The van der Waals surface area contributed by atoms with E-state index in [2.05, 4.69) is 50.6 Å². The normalized spacial score (nSPS) is 10.9. The molecule has 6 nitrogen and oxygen atoms in total. The van der Waals surface area contributed by atoms with Crippen molar-refractivity contribution in [1.29, 1.82) is 0 Å². The van der Waals surface area contributed by atoms with E-state index < -0.39 is 0 Å². The zero-order valence-electron chi connectivity index (χ0n) is 22.5. The number of halogens is 1. The largest absolute Gasteiger partial charge is 0.493 e. The number of imidazole rings is 1. The van der Waals surface area contributed by atoms with Crippen LogP contribution in [0.3, 0.4) is 0 Å². The van der Waals surface area contributed by atoms with Crippen molar-refractivity contribution >= 4 is 32.9 Å². The summed E-state index contributed by atoms with van der Waals surface area (Å²) in [5.74, 6) is 2.57. The number of aromatic nitrogens is 2. The Bertz CT molecular complexity index is 1380. The molecule has 1 N–H and O–H groups in total. The Morgan fingerprint density at radius 2 is 1.85 bits per heavy atom. The number of carbonyl (C=O) groups excluding carboxylic acids is 1. The van der Waals surface area contributed by atoms with E-state index >= 15 is 0 Å². The number of ether oxygens (including phenoxy) is 2. The molecule has 0 saturated carbocycles. The van der Waals surface area contributed by atoms with E-state index in [0.717, 1.165) is 83.5 Å². The SMILES string of the molecule is C=CCc1ccc(OCCCn2c(CCCCCNC(=O)c3ccc(Br)cc3)nc3ccccc32)c(OC)c1. The number of carbonyl (C=O) groups is 1. The zero-order valence-corrected chi connectivity index (χ0v) is 24.1. The standard InChI is InChI=1S/C32H36BrN3O3/c1-3-10-24-14-19-29(30(23-24)38-2)39-22-9-21-36-28-12-7-6-11-27(28)35-31(36)13-5-4-8-20-34-32(37)25-15-17-26(33)18-16-25/h3,6-7,11-12,14-19,23H,1,4-5,8-10,13,20-22H2,2H3,(H,34,37). The molecule has 3 aromatic carbocycles. The Labute approximate surface area is 239 Å². The third-order valence-corrected chi connectivity index (χ3v) is 7.12. The van der Waals surface area contributed by atoms with Gasteiger partial charge in [0.05, 0.1) is 24.8 Å². The highest BCUT2D eigenvalue weighted by atomic mass is 79.9. The second-order valence-corrected chi connectivity index (χ2v) is 10.3. The molecular formula is C32H36BrN3O3. The lowest BCUT2D eigenvalue weighted by atomic mass is 10.1. The molecule has 0 atom stereocenters. The second-order valence-electron chi connectivity index (χ2n) is 9.42. The van der Waals surface area contributed by atoms with Crippen LogP contribution in [0, 0.1) is 0 Å². The Balaban J connectivity index is 1.26. The molecular weight excluding hydrogens is 554 g/mol. The Morgan fingerprint density at radius 1 is 1.03 bits per heavy atom. The van der Waals surface area contributed by atoms with Crippen LogP contribution in [-0.2, 0) is 19.4 Å². The number of hydrogen-bond acceptors (Lipinski definition) is 4. The minimum absolute atomic E-state index is 0.0307. The first-order valence-electron chi connectivity index (χ1n) is 13.5. The Hall–Kier alpha value is -3.58. The van der Waals surface area contributed by atoms with E-state index in [1.54, 1.807) is 7.11 Å². The number of unbranched alkanes of at least 4 members (excludes halogenated alkanes) is 2. The summed E-state index contributed by atoms with van der Waals surface area (Å²) >= 11 is 3.40. The summed E-state index contributed by atoms with van der Waals surface area (Å²) in [6.45, 7) is 5.88. The van der Waals surface area contributed by atoms with Crippen molar-refractivity contribution < 1.29 is 14.3 Å². The Kier molecular flexibility index (Phi) is 10.6. The molecule has 0 radical (unpaired) electrons. The van der Waals surface area contributed by atoms with Crippen molar-refractivity contribution in [2.45, 2.75) is 45.1 Å². The molecule has 0 spiro atoms. The number of para-hydroxylation sites is 2. The smallest absolute Gasteiger partial charge is 0.251 e. The van der Waals surface area contributed by atoms with E-state index in [1.165, 1.54) is 0 Å². The molecule has 1 amide bonds. The first-order valence-corrected chi connectivity index (χ1v) is 14.3. The zero-order chi connectivity index (χ0) is 27.5. The van der Waals surface area contributed by atoms with E-state index in [-0.39, 0.29) is 5.91 Å². The van der Waals surface area contributed by atoms with Crippen molar-refractivity contribution in [3.05, 3.63) is 101 Å². The summed E-state index contributed by atoms with van der Waals surface area (Å²) in [5.41, 5.74) is 4.00. The minimum Gasteiger partial charge on any atom is -0.493 e. The monoisotopic (exact) mass is 589 g/mol. The van der Waals surface area contributed by atoms with Gasteiger partial charge in [0, 0.05) is 29.5 Å². The van der Waals surface area contributed by atoms with E-state index in [0.29, 0.717) is 18.7 Å². The van der Waals surface area contributed by atoms with Gasteiger partial charge in [-0.2, -0.15) is 0 Å². The highest BCUT2D eigenvalue weighted by Gasteiger charge is 2.11. The summed E-state index contributed by atoms with van der Waals surface area (Å²) in [7, 11) is 1.67. The fraction of sp³-hybridized carbons (Fsp3) is 0.312. The molecule has 204 valence electrons. The summed E-state index contributed by atoms with van der Waals surface area (Å²) < 4.78 is 14.9. The van der Waals surface area contributed by atoms with Crippen molar-refractivity contribution in [3.63, 3.8) is 0 Å². The average molecular weight is 591 g/mol. The first kappa shape index (κ1) is 28.4. The highest BCUT2D eigenvalue weighted by Crippen LogP contribution is 2.28. The molecule has 39 heavy (non-hydrogen) atoms. The first-order chi connectivity index (χ1) is 19.1. The predicted octanol–water partition coefficient (Wildman–Crippen LogP) is 7.15. The highest BCUT2D eigenvalue weighted by molar-refractivity contribution is 9.10. The minimum atomic E-state index is -0.0307. The van der Waals surface area contributed by atoms with Crippen LogP contribution in [-0.4, -0.2) is 35.7 Å². The summed E-state index contributed by atoms with van der Waals surface area (Å²) in [6, 6.07) is 21.7. The van der Waals surface area contributed by atoms with Crippen molar-refractivity contribution in [1.82, 2.24) is 14.9 Å². The quantitative estimate of drug-likeness (QED) is 0.118. The van der Waals surface area contributed by atoms with Gasteiger partial charge in [0.1, 0.15) is 5.82 Å². The number of benzene rings is 3. The molecule has 1 heterocycles. The number of rotatable bonds is 15. The molecule has 0 bridgehead atoms. The number of methoxy groups -OCH3 is 1. The van der Waals surface area contributed by atoms with E-state index in [9.17, 15) is 4.79 Å². The lowest BCUT2D eigenvalue weighted by molar-refractivity contribution is 0.0953. The van der Waals surface area contributed by atoms with Crippen LogP contribution < -0.4 is 14.8 Å². The van der Waals surface area contributed by atoms with Crippen LogP contribution in [0.25, 0.3) is 11.0 Å². The number of hydrogen-bond donors (Lipinski definition) is 1. The number of allylic oxidation sites excluding steroid dienone is 1. The van der Waals surface area contributed by atoms with Gasteiger partial charge in [0.25, 0.3) is 5.91 Å². The van der Waals surface area contributed by atoms with Gasteiger partial charge in [-0.05, 0) is 79.8 Å². The fourth-order valence-electron chi connectivity index (χ4n) is 4.59. The van der Waals surface area contributed by atoms with Crippen LogP contribution in [0.2, 0.25) is 0 Å². The van der Waals surface area contributed by atoms with Gasteiger partial charge in [-0.25, -0.2) is 4.98 Å². The van der Waals surface area contributed by atoms with Crippen molar-refractivity contribution in [2.24, 2.45) is 0 Å². The van der Waals surface area contributed by atoms with Gasteiger partial charge < -0.3 is 19.4 Å². The third-order valence-electron chi connectivity index (χ3n) is 6.59. The van der Waals surface area contributed by atoms with Crippen LogP contribution in [0.4, 0.5) is 0 Å². The predicted molar refractivity (Wildman–Crippen MR) is 161 cm³/mol. The molecule has 4 aromatic rings. The van der Waals surface area contributed by atoms with Gasteiger partial charge in [-0.1, -0.05) is 46.6 Å². The molecule has 0 saturated heterocycles. The number of amides is 1. The van der Waals surface area contributed by atoms with Crippen molar-refractivity contribution in [2.75, 3.05) is 20.3 Å². The molecule has 4 rings (SSSR count). The number of nitrogens with zero attached hydrogens (tertiary/aromatic N) is 2. The van der Waals surface area contributed by atoms with E-state index in [4.69, 9.17) is 14.5 Å². The van der Waals surface area contributed by atoms with Gasteiger partial charge >= 0.3 is 0 Å². The fourth-order valence-corrected chi connectivity index (χ4v) is 4.85. The third kappa shape index (κ3) is 7.96. The molecule has 1 aromatic heterocycles. The van der Waals surface area contributed by atoms with E-state index in [1.807, 2.05) is 54.6 Å². The lowest BCUT2D eigenvalue weighted by Gasteiger charge is -2.13. The van der Waals surface area contributed by atoms with Gasteiger partial charge in [0.15, 0.2) is 11.5 Å². The number of aryl methyl sites for hydroxylation is 2. The number of fused-ring (bicyclic) bond motifs is 1. The van der Waals surface area contributed by atoms with Gasteiger partial charge in [-0.15, -0.1) is 6.58 Å².